The lowest BCUT2D eigenvalue weighted by Gasteiger charge is -2.06. The molecule has 2 N–H and O–H groups in total. The summed E-state index contributed by atoms with van der Waals surface area (Å²) in [5.41, 5.74) is 3.74. The summed E-state index contributed by atoms with van der Waals surface area (Å²) in [5.74, 6) is 1.80. The summed E-state index contributed by atoms with van der Waals surface area (Å²) in [4.78, 5) is 11.7. The first-order valence-corrected chi connectivity index (χ1v) is 6.89. The van der Waals surface area contributed by atoms with Crippen LogP contribution in [-0.4, -0.2) is 26.1 Å². The minimum Gasteiger partial charge on any atom is -0.496 e. The van der Waals surface area contributed by atoms with E-state index in [-0.39, 0.29) is 6.79 Å². The molecule has 0 saturated heterocycles. The fourth-order valence-electron chi connectivity index (χ4n) is 2.06. The molecule has 1 heterocycles. The number of hydrogen-bond donors (Lipinski definition) is 2. The highest BCUT2D eigenvalue weighted by molar-refractivity contribution is 5.91. The Morgan fingerprint density at radius 3 is 2.70 bits per heavy atom. The van der Waals surface area contributed by atoms with E-state index in [0.29, 0.717) is 28.5 Å². The molecule has 0 unspecified atom stereocenters. The van der Waals surface area contributed by atoms with Gasteiger partial charge in [0.25, 0.3) is 0 Å². The second-order valence-corrected chi connectivity index (χ2v) is 4.64. The average molecular weight is 313 g/mol. The van der Waals surface area contributed by atoms with Crippen LogP contribution < -0.4 is 25.0 Å². The van der Waals surface area contributed by atoms with Gasteiger partial charge >= 0.3 is 6.03 Å². The highest BCUT2D eigenvalue weighted by Crippen LogP contribution is 2.37. The molecule has 23 heavy (non-hydrogen) atoms. The van der Waals surface area contributed by atoms with Crippen molar-refractivity contribution in [2.75, 3.05) is 19.2 Å². The van der Waals surface area contributed by atoms with Gasteiger partial charge in [0.15, 0.2) is 11.5 Å². The van der Waals surface area contributed by atoms with Crippen LogP contribution in [0.1, 0.15) is 5.56 Å². The van der Waals surface area contributed by atoms with Crippen molar-refractivity contribution in [3.05, 3.63) is 48.0 Å². The number of urea groups is 1. The number of fused-ring (bicyclic) bond motifs is 1. The van der Waals surface area contributed by atoms with Crippen LogP contribution in [0.25, 0.3) is 0 Å². The largest absolute Gasteiger partial charge is 0.496 e. The predicted molar refractivity (Wildman–Crippen MR) is 85.3 cm³/mol. The zero-order valence-corrected chi connectivity index (χ0v) is 12.4. The van der Waals surface area contributed by atoms with E-state index in [0.717, 1.165) is 0 Å². The van der Waals surface area contributed by atoms with Crippen LogP contribution >= 0.6 is 0 Å². The van der Waals surface area contributed by atoms with Gasteiger partial charge in [-0.05, 0) is 18.2 Å². The topological polar surface area (TPSA) is 81.2 Å². The normalized spacial score (nSPS) is 12.2. The first-order chi connectivity index (χ1) is 11.3. The molecular formula is C16H15N3O4. The zero-order chi connectivity index (χ0) is 16.1. The van der Waals surface area contributed by atoms with Gasteiger partial charge in [-0.25, -0.2) is 10.2 Å². The molecule has 3 rings (SSSR count). The van der Waals surface area contributed by atoms with Crippen molar-refractivity contribution in [3.63, 3.8) is 0 Å². The van der Waals surface area contributed by atoms with Crippen LogP contribution in [0.4, 0.5) is 10.5 Å². The van der Waals surface area contributed by atoms with Crippen molar-refractivity contribution in [3.8, 4) is 17.2 Å². The molecule has 1 aliphatic heterocycles. The Morgan fingerprint density at radius 1 is 1.22 bits per heavy atom. The van der Waals surface area contributed by atoms with Gasteiger partial charge in [-0.1, -0.05) is 18.2 Å². The second-order valence-electron chi connectivity index (χ2n) is 4.64. The lowest BCUT2D eigenvalue weighted by Crippen LogP contribution is -2.24. The van der Waals surface area contributed by atoms with Crippen molar-refractivity contribution in [1.82, 2.24) is 5.43 Å². The molecule has 0 spiro atoms. The molecule has 118 valence electrons. The van der Waals surface area contributed by atoms with E-state index in [4.69, 9.17) is 14.2 Å². The summed E-state index contributed by atoms with van der Waals surface area (Å²) >= 11 is 0. The standard InChI is InChI=1S/C16H15N3O4/c1-21-13-8-15-14(22-10-23-15)7-11(13)9-17-19-16(20)18-12-5-3-2-4-6-12/h2-9H,10H2,1H3,(H2,18,19,20)/b17-9-. The van der Waals surface area contributed by atoms with Crippen LogP contribution in [0.2, 0.25) is 0 Å². The van der Waals surface area contributed by atoms with Gasteiger partial charge in [-0.3, -0.25) is 0 Å². The third-order valence-corrected chi connectivity index (χ3v) is 3.13. The summed E-state index contributed by atoms with van der Waals surface area (Å²) in [6.45, 7) is 0.177. The third kappa shape index (κ3) is 3.52. The molecule has 0 bridgehead atoms. The first kappa shape index (κ1) is 14.7. The molecule has 0 saturated carbocycles. The minimum atomic E-state index is -0.438. The fraction of sp³-hybridized carbons (Fsp3) is 0.125. The minimum absolute atomic E-state index is 0.177. The molecule has 2 aromatic rings. The van der Waals surface area contributed by atoms with Crippen LogP contribution in [-0.2, 0) is 0 Å². The molecule has 0 aromatic heterocycles. The molecule has 0 fully saturated rings. The van der Waals surface area contributed by atoms with Crippen molar-refractivity contribution in [2.45, 2.75) is 0 Å². The number of carbonyl (C=O) groups excluding carboxylic acids is 1. The van der Waals surface area contributed by atoms with Crippen LogP contribution in [0.15, 0.2) is 47.6 Å². The SMILES string of the molecule is COc1cc2c(cc1/C=N\NC(=O)Nc1ccccc1)OCO2. The number of nitrogens with zero attached hydrogens (tertiary/aromatic N) is 1. The maximum absolute atomic E-state index is 11.7. The van der Waals surface area contributed by atoms with Gasteiger partial charge in [0.2, 0.25) is 6.79 Å². The number of carbonyl (C=O) groups is 1. The zero-order valence-electron chi connectivity index (χ0n) is 12.4. The Kier molecular flexibility index (Phi) is 4.28. The Morgan fingerprint density at radius 2 is 1.96 bits per heavy atom. The number of hydrazone groups is 1. The van der Waals surface area contributed by atoms with E-state index in [1.54, 1.807) is 31.4 Å². The predicted octanol–water partition coefficient (Wildman–Crippen LogP) is 2.58. The van der Waals surface area contributed by atoms with Gasteiger partial charge in [-0.15, -0.1) is 0 Å². The number of para-hydroxylation sites is 1. The number of methoxy groups -OCH3 is 1. The van der Waals surface area contributed by atoms with E-state index in [1.165, 1.54) is 6.21 Å². The van der Waals surface area contributed by atoms with Crippen LogP contribution in [0, 0.1) is 0 Å². The van der Waals surface area contributed by atoms with Crippen molar-refractivity contribution in [2.24, 2.45) is 5.10 Å². The molecule has 7 nitrogen and oxygen atoms in total. The number of anilines is 1. The monoisotopic (exact) mass is 313 g/mol. The van der Waals surface area contributed by atoms with E-state index < -0.39 is 6.03 Å². The number of rotatable bonds is 4. The van der Waals surface area contributed by atoms with Gasteiger partial charge in [0, 0.05) is 17.3 Å². The van der Waals surface area contributed by atoms with Crippen LogP contribution in [0.3, 0.4) is 0 Å². The lowest BCUT2D eigenvalue weighted by atomic mass is 10.2. The molecule has 2 aromatic carbocycles. The third-order valence-electron chi connectivity index (χ3n) is 3.13. The Labute approximate surface area is 132 Å². The second kappa shape index (κ2) is 6.69. The average Bonchev–Trinajstić information content (AvgIpc) is 3.02. The smallest absolute Gasteiger partial charge is 0.339 e. The number of nitrogens with one attached hydrogen (secondary N) is 2. The summed E-state index contributed by atoms with van der Waals surface area (Å²) in [7, 11) is 1.55. The van der Waals surface area contributed by atoms with Crippen LogP contribution in [0.5, 0.6) is 17.2 Å². The van der Waals surface area contributed by atoms with Gasteiger partial charge < -0.3 is 19.5 Å². The number of benzene rings is 2. The quantitative estimate of drug-likeness (QED) is 0.671. The van der Waals surface area contributed by atoms with Gasteiger partial charge in [-0.2, -0.15) is 5.10 Å². The van der Waals surface area contributed by atoms with Gasteiger partial charge in [0.05, 0.1) is 13.3 Å². The van der Waals surface area contributed by atoms with E-state index in [9.17, 15) is 4.79 Å². The highest BCUT2D eigenvalue weighted by atomic mass is 16.7. The number of hydrogen-bond acceptors (Lipinski definition) is 5. The van der Waals surface area contributed by atoms with Crippen molar-refractivity contribution < 1.29 is 19.0 Å². The Bertz CT molecular complexity index is 732. The molecule has 7 heteroatoms. The maximum atomic E-state index is 11.7. The summed E-state index contributed by atoms with van der Waals surface area (Å²) in [6, 6.07) is 12.1. The van der Waals surface area contributed by atoms with Gasteiger partial charge in [0.1, 0.15) is 5.75 Å². The maximum Gasteiger partial charge on any atom is 0.339 e. The summed E-state index contributed by atoms with van der Waals surface area (Å²) in [6.07, 6.45) is 1.48. The van der Waals surface area contributed by atoms with Crippen molar-refractivity contribution >= 4 is 17.9 Å². The fourth-order valence-corrected chi connectivity index (χ4v) is 2.06. The van der Waals surface area contributed by atoms with E-state index >= 15 is 0 Å². The summed E-state index contributed by atoms with van der Waals surface area (Å²) in [5, 5.41) is 6.57. The molecule has 0 radical (unpaired) electrons. The lowest BCUT2D eigenvalue weighted by molar-refractivity contribution is 0.174. The number of amides is 2. The Hall–Kier alpha value is -3.22. The van der Waals surface area contributed by atoms with E-state index in [1.807, 2.05) is 18.2 Å². The Balaban J connectivity index is 1.65. The molecular weight excluding hydrogens is 298 g/mol. The first-order valence-electron chi connectivity index (χ1n) is 6.89. The molecule has 2 amide bonds. The molecule has 0 atom stereocenters. The molecule has 1 aliphatic rings. The van der Waals surface area contributed by atoms with E-state index in [2.05, 4.69) is 15.8 Å². The highest BCUT2D eigenvalue weighted by Gasteiger charge is 2.17. The summed E-state index contributed by atoms with van der Waals surface area (Å²) < 4.78 is 15.9. The number of ether oxygens (including phenoxy) is 3. The van der Waals surface area contributed by atoms with Crippen molar-refractivity contribution in [1.29, 1.82) is 0 Å². The molecule has 0 aliphatic carbocycles.